The van der Waals surface area contributed by atoms with Gasteiger partial charge in [-0.05, 0) is 30.5 Å². The van der Waals surface area contributed by atoms with Crippen LogP contribution in [0.4, 0.5) is 0 Å². The summed E-state index contributed by atoms with van der Waals surface area (Å²) in [5.74, 6) is 0.700. The zero-order chi connectivity index (χ0) is 15.7. The summed E-state index contributed by atoms with van der Waals surface area (Å²) in [6.45, 7) is 6.46. The predicted molar refractivity (Wildman–Crippen MR) is 90.9 cm³/mol. The minimum absolute atomic E-state index is 0. The van der Waals surface area contributed by atoms with E-state index in [-0.39, 0.29) is 24.0 Å². The molecule has 0 fully saturated rings. The van der Waals surface area contributed by atoms with Crippen LogP contribution in [0.3, 0.4) is 0 Å². The van der Waals surface area contributed by atoms with Crippen LogP contribution in [0.2, 0.25) is 0 Å². The molecule has 0 saturated carbocycles. The highest BCUT2D eigenvalue weighted by atomic mass is 35.5. The largest absolute Gasteiger partial charge is 0.334 e. The van der Waals surface area contributed by atoms with Crippen molar-refractivity contribution in [1.82, 2.24) is 19.6 Å². The SMILES string of the molecule is CCn1cc(S(=O)(=O)NCc2ccc3c(c2)CNC3)nc1C.Cl. The van der Waals surface area contributed by atoms with E-state index in [1.54, 1.807) is 13.1 Å². The summed E-state index contributed by atoms with van der Waals surface area (Å²) >= 11 is 0. The number of aromatic nitrogens is 2. The topological polar surface area (TPSA) is 76.0 Å². The molecule has 126 valence electrons. The quantitative estimate of drug-likeness (QED) is 0.855. The van der Waals surface area contributed by atoms with E-state index >= 15 is 0 Å². The van der Waals surface area contributed by atoms with Crippen LogP contribution in [0, 0.1) is 6.92 Å². The van der Waals surface area contributed by atoms with E-state index in [0.717, 1.165) is 18.7 Å². The van der Waals surface area contributed by atoms with Crippen molar-refractivity contribution in [1.29, 1.82) is 0 Å². The average molecular weight is 357 g/mol. The Balaban J connectivity index is 0.00000192. The van der Waals surface area contributed by atoms with Gasteiger partial charge in [-0.2, -0.15) is 0 Å². The van der Waals surface area contributed by atoms with Gasteiger partial charge in [0.2, 0.25) is 0 Å². The van der Waals surface area contributed by atoms with E-state index in [1.165, 1.54) is 11.1 Å². The molecular formula is C15H21ClN4O2S. The monoisotopic (exact) mass is 356 g/mol. The first-order valence-electron chi connectivity index (χ1n) is 7.34. The molecule has 1 aromatic heterocycles. The number of sulfonamides is 1. The highest BCUT2D eigenvalue weighted by Crippen LogP contribution is 2.17. The van der Waals surface area contributed by atoms with Gasteiger partial charge >= 0.3 is 0 Å². The molecule has 0 spiro atoms. The highest BCUT2D eigenvalue weighted by Gasteiger charge is 2.19. The van der Waals surface area contributed by atoms with Crippen molar-refractivity contribution in [3.8, 4) is 0 Å². The van der Waals surface area contributed by atoms with Gasteiger partial charge in [0.15, 0.2) is 5.03 Å². The fourth-order valence-electron chi connectivity index (χ4n) is 2.64. The molecule has 0 saturated heterocycles. The first-order valence-corrected chi connectivity index (χ1v) is 8.83. The normalized spacial score (nSPS) is 13.7. The summed E-state index contributed by atoms with van der Waals surface area (Å²) in [7, 11) is -3.58. The van der Waals surface area contributed by atoms with Crippen LogP contribution < -0.4 is 10.0 Å². The van der Waals surface area contributed by atoms with Gasteiger partial charge in [0.05, 0.1) is 0 Å². The van der Waals surface area contributed by atoms with Crippen molar-refractivity contribution in [2.75, 3.05) is 0 Å². The van der Waals surface area contributed by atoms with Gasteiger partial charge in [-0.3, -0.25) is 0 Å². The van der Waals surface area contributed by atoms with E-state index in [9.17, 15) is 8.42 Å². The summed E-state index contributed by atoms with van der Waals surface area (Å²) in [6.07, 6.45) is 1.57. The van der Waals surface area contributed by atoms with E-state index < -0.39 is 10.0 Å². The Labute approximate surface area is 142 Å². The van der Waals surface area contributed by atoms with Gasteiger partial charge in [0, 0.05) is 32.4 Å². The zero-order valence-corrected chi connectivity index (χ0v) is 14.8. The first-order chi connectivity index (χ1) is 10.5. The van der Waals surface area contributed by atoms with Gasteiger partial charge in [0.25, 0.3) is 10.0 Å². The summed E-state index contributed by atoms with van der Waals surface area (Å²) < 4.78 is 29.1. The molecule has 3 rings (SSSR count). The number of nitrogens with one attached hydrogen (secondary N) is 2. The van der Waals surface area contributed by atoms with Crippen LogP contribution in [0.15, 0.2) is 29.4 Å². The van der Waals surface area contributed by atoms with Gasteiger partial charge in [0.1, 0.15) is 5.82 Å². The number of nitrogens with zero attached hydrogens (tertiary/aromatic N) is 2. The van der Waals surface area contributed by atoms with E-state index in [2.05, 4.69) is 21.1 Å². The van der Waals surface area contributed by atoms with Crippen LogP contribution in [0.25, 0.3) is 0 Å². The third-order valence-corrected chi connectivity index (χ3v) is 5.21. The number of hydrogen-bond donors (Lipinski definition) is 2. The molecule has 23 heavy (non-hydrogen) atoms. The minimum atomic E-state index is -3.58. The van der Waals surface area contributed by atoms with Gasteiger partial charge in [-0.25, -0.2) is 18.1 Å². The minimum Gasteiger partial charge on any atom is -0.334 e. The molecule has 1 aliphatic heterocycles. The lowest BCUT2D eigenvalue weighted by molar-refractivity contribution is 0.577. The molecule has 0 amide bonds. The molecule has 1 aliphatic rings. The fraction of sp³-hybridized carbons (Fsp3) is 0.400. The molecular weight excluding hydrogens is 336 g/mol. The molecule has 0 atom stereocenters. The Morgan fingerprint density at radius 3 is 2.74 bits per heavy atom. The number of fused-ring (bicyclic) bond motifs is 1. The summed E-state index contributed by atoms with van der Waals surface area (Å²) in [6, 6.07) is 6.06. The Bertz CT molecular complexity index is 802. The molecule has 2 heterocycles. The molecule has 0 bridgehead atoms. The van der Waals surface area contributed by atoms with Crippen LogP contribution in [0.5, 0.6) is 0 Å². The maximum atomic E-state index is 12.3. The number of halogens is 1. The molecule has 1 aromatic carbocycles. The van der Waals surface area contributed by atoms with Crippen molar-refractivity contribution in [3.05, 3.63) is 46.9 Å². The van der Waals surface area contributed by atoms with Crippen molar-refractivity contribution < 1.29 is 8.42 Å². The van der Waals surface area contributed by atoms with E-state index in [4.69, 9.17) is 0 Å². The third-order valence-electron chi connectivity index (χ3n) is 3.94. The summed E-state index contributed by atoms with van der Waals surface area (Å²) in [4.78, 5) is 4.13. The van der Waals surface area contributed by atoms with Crippen molar-refractivity contribution >= 4 is 22.4 Å². The molecule has 0 radical (unpaired) electrons. The summed E-state index contributed by atoms with van der Waals surface area (Å²) in [5, 5.41) is 3.36. The van der Waals surface area contributed by atoms with E-state index in [0.29, 0.717) is 12.4 Å². The first kappa shape index (κ1) is 17.9. The maximum absolute atomic E-state index is 12.3. The molecule has 8 heteroatoms. The smallest absolute Gasteiger partial charge is 0.259 e. The molecule has 0 unspecified atom stereocenters. The maximum Gasteiger partial charge on any atom is 0.259 e. The van der Waals surface area contributed by atoms with Crippen LogP contribution in [-0.4, -0.2) is 18.0 Å². The second-order valence-corrected chi connectivity index (χ2v) is 7.16. The Kier molecular flexibility index (Phi) is 5.46. The van der Waals surface area contributed by atoms with Crippen molar-refractivity contribution in [3.63, 3.8) is 0 Å². The van der Waals surface area contributed by atoms with Gasteiger partial charge < -0.3 is 9.88 Å². The lowest BCUT2D eigenvalue weighted by Crippen LogP contribution is -2.23. The van der Waals surface area contributed by atoms with Crippen LogP contribution >= 0.6 is 12.4 Å². The Morgan fingerprint density at radius 1 is 1.30 bits per heavy atom. The molecule has 2 aromatic rings. The second kappa shape index (κ2) is 7.00. The molecule has 2 N–H and O–H groups in total. The Hall–Kier alpha value is -1.41. The number of benzene rings is 1. The molecule has 0 aliphatic carbocycles. The van der Waals surface area contributed by atoms with Crippen LogP contribution in [0.1, 0.15) is 29.4 Å². The third kappa shape index (κ3) is 3.74. The fourth-order valence-corrected chi connectivity index (χ4v) is 3.66. The average Bonchev–Trinajstić information content (AvgIpc) is 3.10. The summed E-state index contributed by atoms with van der Waals surface area (Å²) in [5.41, 5.74) is 3.48. The molecule has 6 nitrogen and oxygen atoms in total. The van der Waals surface area contributed by atoms with Gasteiger partial charge in [-0.15, -0.1) is 12.4 Å². The number of aryl methyl sites for hydroxylation is 2. The number of hydrogen-bond acceptors (Lipinski definition) is 4. The lowest BCUT2D eigenvalue weighted by atomic mass is 10.1. The second-order valence-electron chi connectivity index (χ2n) is 5.44. The standard InChI is InChI=1S/C15H20N4O2S.ClH/c1-3-19-10-15(18-11(19)2)22(20,21)17-7-12-4-5-13-8-16-9-14(13)6-12;/h4-6,10,16-17H,3,7-9H2,1-2H3;1H. The Morgan fingerprint density at radius 2 is 2.04 bits per heavy atom. The van der Waals surface area contributed by atoms with Crippen molar-refractivity contribution in [2.45, 2.75) is 45.1 Å². The zero-order valence-electron chi connectivity index (χ0n) is 13.2. The van der Waals surface area contributed by atoms with Crippen LogP contribution in [-0.2, 0) is 36.2 Å². The number of rotatable bonds is 5. The van der Waals surface area contributed by atoms with Gasteiger partial charge in [-0.1, -0.05) is 18.2 Å². The lowest BCUT2D eigenvalue weighted by Gasteiger charge is -2.06. The van der Waals surface area contributed by atoms with E-state index in [1.807, 2.05) is 23.6 Å². The van der Waals surface area contributed by atoms with Crippen molar-refractivity contribution in [2.24, 2.45) is 0 Å². The number of imidazole rings is 1. The highest BCUT2D eigenvalue weighted by molar-refractivity contribution is 7.89. The predicted octanol–water partition coefficient (Wildman–Crippen LogP) is 1.71.